The van der Waals surface area contributed by atoms with Crippen LogP contribution in [0.4, 0.5) is 10.2 Å². The van der Waals surface area contributed by atoms with Crippen molar-refractivity contribution in [2.75, 3.05) is 12.4 Å². The fourth-order valence-electron chi connectivity index (χ4n) is 5.85. The number of carbonyl (C=O) groups is 1. The lowest BCUT2D eigenvalue weighted by molar-refractivity contribution is -0.148. The normalized spacial score (nSPS) is 24.2. The van der Waals surface area contributed by atoms with Gasteiger partial charge in [-0.2, -0.15) is 0 Å². The number of aromatic nitrogens is 5. The smallest absolute Gasteiger partial charge is 0.308 e. The molecular formula is C24H25FN6O3. The maximum atomic E-state index is 13.9. The molecule has 0 radical (unpaired) electrons. The number of nitrogens with one attached hydrogen (secondary N) is 2. The number of nitrogens with zero attached hydrogens (tertiary/aromatic N) is 4. The molecule has 0 spiro atoms. The highest BCUT2D eigenvalue weighted by Gasteiger charge is 2.47. The van der Waals surface area contributed by atoms with Crippen molar-refractivity contribution in [1.82, 2.24) is 24.6 Å². The van der Waals surface area contributed by atoms with Crippen molar-refractivity contribution < 1.29 is 19.0 Å². The molecule has 176 valence electrons. The van der Waals surface area contributed by atoms with Gasteiger partial charge in [0.05, 0.1) is 18.7 Å². The van der Waals surface area contributed by atoms with Crippen molar-refractivity contribution in [2.45, 2.75) is 38.3 Å². The van der Waals surface area contributed by atoms with E-state index < -0.39 is 17.7 Å². The monoisotopic (exact) mass is 464 g/mol. The van der Waals surface area contributed by atoms with Gasteiger partial charge >= 0.3 is 5.97 Å². The van der Waals surface area contributed by atoms with Crippen LogP contribution in [-0.4, -0.2) is 48.8 Å². The molecule has 3 fully saturated rings. The largest absolute Gasteiger partial charge is 0.481 e. The lowest BCUT2D eigenvalue weighted by Crippen LogP contribution is -2.51. The Morgan fingerprint density at radius 1 is 1.29 bits per heavy atom. The Bertz CT molecular complexity index is 1390. The minimum atomic E-state index is -0.758. The third kappa shape index (κ3) is 3.40. The van der Waals surface area contributed by atoms with E-state index in [4.69, 9.17) is 9.72 Å². The average Bonchev–Trinajstić information content (AvgIpc) is 3.43. The summed E-state index contributed by atoms with van der Waals surface area (Å²) in [5, 5.41) is 18.8. The van der Waals surface area contributed by atoms with Crippen molar-refractivity contribution in [1.29, 1.82) is 0 Å². The molecule has 0 saturated heterocycles. The minimum absolute atomic E-state index is 0.177. The molecule has 0 aliphatic heterocycles. The van der Waals surface area contributed by atoms with Gasteiger partial charge in [0.2, 0.25) is 0 Å². The van der Waals surface area contributed by atoms with Crippen molar-refractivity contribution in [3.05, 3.63) is 42.1 Å². The number of aromatic amines is 1. The lowest BCUT2D eigenvalue weighted by Gasteiger charge is -2.47. The molecule has 2 atom stereocenters. The number of carboxylic acid groups (broad SMARTS) is 1. The first-order valence-corrected chi connectivity index (χ1v) is 11.5. The Morgan fingerprint density at radius 3 is 2.85 bits per heavy atom. The van der Waals surface area contributed by atoms with E-state index in [1.807, 2.05) is 12.3 Å². The Morgan fingerprint density at radius 2 is 2.09 bits per heavy atom. The number of anilines is 1. The van der Waals surface area contributed by atoms with Gasteiger partial charge in [0.25, 0.3) is 0 Å². The summed E-state index contributed by atoms with van der Waals surface area (Å²) in [6.07, 6.45) is 8.69. The van der Waals surface area contributed by atoms with Gasteiger partial charge in [-0.05, 0) is 55.2 Å². The minimum Gasteiger partial charge on any atom is -0.481 e. The number of hydrogen-bond acceptors (Lipinski definition) is 6. The molecule has 0 unspecified atom stereocenters. The molecular weight excluding hydrogens is 439 g/mol. The quantitative estimate of drug-likeness (QED) is 0.397. The van der Waals surface area contributed by atoms with Crippen LogP contribution in [-0.2, 0) is 16.1 Å². The number of fused-ring (bicyclic) bond motifs is 5. The zero-order chi connectivity index (χ0) is 23.4. The number of ether oxygens (including phenoxy) is 1. The third-order valence-electron chi connectivity index (χ3n) is 7.38. The highest BCUT2D eigenvalue weighted by Crippen LogP contribution is 2.46. The summed E-state index contributed by atoms with van der Waals surface area (Å²) in [6, 6.07) is 3.14. The van der Waals surface area contributed by atoms with Gasteiger partial charge in [0.15, 0.2) is 11.6 Å². The molecule has 7 rings (SSSR count). The molecule has 3 aliphatic carbocycles. The molecule has 4 aromatic rings. The first kappa shape index (κ1) is 21.0. The summed E-state index contributed by atoms with van der Waals surface area (Å²) < 4.78 is 21.0. The van der Waals surface area contributed by atoms with Gasteiger partial charge in [0.1, 0.15) is 17.0 Å². The second-order valence-corrected chi connectivity index (χ2v) is 9.36. The zero-order valence-corrected chi connectivity index (χ0v) is 18.7. The van der Waals surface area contributed by atoms with E-state index in [9.17, 15) is 14.3 Å². The van der Waals surface area contributed by atoms with Crippen LogP contribution in [0, 0.1) is 23.6 Å². The van der Waals surface area contributed by atoms with Crippen molar-refractivity contribution in [3.63, 3.8) is 0 Å². The topological polar surface area (TPSA) is 117 Å². The van der Waals surface area contributed by atoms with E-state index >= 15 is 0 Å². The molecule has 4 aromatic heterocycles. The number of pyridine rings is 1. The van der Waals surface area contributed by atoms with Crippen LogP contribution in [0.15, 0.2) is 30.7 Å². The number of methoxy groups -OCH3 is 1. The third-order valence-corrected chi connectivity index (χ3v) is 7.38. The number of carboxylic acids is 1. The maximum Gasteiger partial charge on any atom is 0.308 e. The van der Waals surface area contributed by atoms with Gasteiger partial charge in [0, 0.05) is 36.5 Å². The molecule has 4 heterocycles. The van der Waals surface area contributed by atoms with Gasteiger partial charge in [-0.1, -0.05) is 0 Å². The fraction of sp³-hybridized carbons (Fsp3) is 0.417. The van der Waals surface area contributed by atoms with E-state index in [-0.39, 0.29) is 17.9 Å². The number of H-pyrrole nitrogens is 1. The molecule has 3 saturated carbocycles. The highest BCUT2D eigenvalue weighted by atomic mass is 19.1. The maximum absolute atomic E-state index is 13.9. The van der Waals surface area contributed by atoms with Gasteiger partial charge in [-0.25, -0.2) is 18.9 Å². The summed E-state index contributed by atoms with van der Waals surface area (Å²) in [4.78, 5) is 24.2. The Hall–Kier alpha value is -3.53. The molecule has 3 aliphatic rings. The van der Waals surface area contributed by atoms with Gasteiger partial charge < -0.3 is 20.1 Å². The molecule has 9 nitrogen and oxygen atoms in total. The van der Waals surface area contributed by atoms with Crippen LogP contribution in [0.2, 0.25) is 0 Å². The van der Waals surface area contributed by atoms with Crippen LogP contribution in [0.1, 0.15) is 31.2 Å². The van der Waals surface area contributed by atoms with E-state index in [0.717, 1.165) is 43.0 Å². The Labute approximate surface area is 194 Å². The molecule has 0 aromatic carbocycles. The van der Waals surface area contributed by atoms with Crippen LogP contribution in [0.5, 0.6) is 0 Å². The van der Waals surface area contributed by atoms with Crippen molar-refractivity contribution >= 4 is 28.3 Å². The van der Waals surface area contributed by atoms with Crippen LogP contribution >= 0.6 is 0 Å². The number of aliphatic carboxylic acids is 1. The van der Waals surface area contributed by atoms with Gasteiger partial charge in [-0.3, -0.25) is 4.79 Å². The first-order chi connectivity index (χ1) is 16.5. The van der Waals surface area contributed by atoms with Gasteiger partial charge in [-0.15, -0.1) is 5.10 Å². The van der Waals surface area contributed by atoms with Crippen LogP contribution in [0.3, 0.4) is 0 Å². The predicted octanol–water partition coefficient (Wildman–Crippen LogP) is 3.86. The first-order valence-electron chi connectivity index (χ1n) is 11.5. The summed E-state index contributed by atoms with van der Waals surface area (Å²) in [7, 11) is 1.63. The summed E-state index contributed by atoms with van der Waals surface area (Å²) in [5.74, 6) is -0.244. The molecule has 3 N–H and O–H groups in total. The van der Waals surface area contributed by atoms with E-state index in [2.05, 4.69) is 20.4 Å². The predicted molar refractivity (Wildman–Crippen MR) is 123 cm³/mol. The fourth-order valence-corrected chi connectivity index (χ4v) is 5.85. The zero-order valence-electron chi connectivity index (χ0n) is 18.7. The molecule has 2 bridgehead atoms. The van der Waals surface area contributed by atoms with Crippen molar-refractivity contribution in [3.8, 4) is 11.4 Å². The summed E-state index contributed by atoms with van der Waals surface area (Å²) in [6.45, 7) is 0.409. The Balaban J connectivity index is 1.48. The highest BCUT2D eigenvalue weighted by molar-refractivity contribution is 5.92. The van der Waals surface area contributed by atoms with Crippen LogP contribution in [0.25, 0.3) is 27.9 Å². The SMILES string of the molecule is COCc1cc2c(N[C@H]3[C@H]4CC[C@H](CC4)[C@@H]3C(=O)O)nc(-c3c[nH]c4ncc(F)cc34)nn2c1. The molecule has 10 heteroatoms. The van der Waals surface area contributed by atoms with E-state index in [1.54, 1.807) is 17.8 Å². The lowest BCUT2D eigenvalue weighted by atomic mass is 9.61. The van der Waals surface area contributed by atoms with E-state index in [0.29, 0.717) is 34.8 Å². The number of halogens is 1. The summed E-state index contributed by atoms with van der Waals surface area (Å²) in [5.41, 5.74) is 2.82. The van der Waals surface area contributed by atoms with Crippen LogP contribution < -0.4 is 5.32 Å². The molecule has 0 amide bonds. The second kappa shape index (κ2) is 8.05. The second-order valence-electron chi connectivity index (χ2n) is 9.36. The Kier molecular flexibility index (Phi) is 4.98. The molecule has 34 heavy (non-hydrogen) atoms. The average molecular weight is 465 g/mol. The number of hydrogen-bond donors (Lipinski definition) is 3. The van der Waals surface area contributed by atoms with Crippen molar-refractivity contribution in [2.24, 2.45) is 17.8 Å². The van der Waals surface area contributed by atoms with E-state index in [1.165, 1.54) is 6.07 Å². The number of rotatable bonds is 6. The standard InChI is InChI=1S/C24H25FN6O3/c1-34-11-12-6-18-23(28-20-14-4-2-13(3-5-14)19(20)24(32)33)29-22(30-31(18)10-12)17-9-27-21-16(17)7-15(25)8-26-21/h6-10,13-14,19-20H,2-5,11H2,1H3,(H,26,27)(H,32,33)(H,28,29,30)/t13-,14+,19-,20-/m0/s1. The summed E-state index contributed by atoms with van der Waals surface area (Å²) >= 11 is 0.